The molecule has 1 amide bonds. The second-order valence-electron chi connectivity index (χ2n) is 8.02. The van der Waals surface area contributed by atoms with E-state index in [9.17, 15) is 9.59 Å². The molecule has 0 saturated heterocycles. The number of carboxylic acids is 1. The van der Waals surface area contributed by atoms with Gasteiger partial charge in [0.2, 0.25) is 0 Å². The van der Waals surface area contributed by atoms with Crippen molar-refractivity contribution in [3.63, 3.8) is 0 Å². The van der Waals surface area contributed by atoms with E-state index in [-0.39, 0.29) is 24.3 Å². The average Bonchev–Trinajstić information content (AvgIpc) is 3.55. The van der Waals surface area contributed by atoms with Gasteiger partial charge in [-0.15, -0.1) is 11.3 Å². The highest BCUT2D eigenvalue weighted by atomic mass is 32.1. The van der Waals surface area contributed by atoms with Crippen molar-refractivity contribution in [1.82, 2.24) is 9.88 Å². The van der Waals surface area contributed by atoms with Gasteiger partial charge in [0.05, 0.1) is 21.1 Å². The Kier molecular flexibility index (Phi) is 6.80. The molecule has 7 nitrogen and oxygen atoms in total. The number of para-hydroxylation sites is 1. The number of amides is 1. The molecule has 2 aromatic carbocycles. The third-order valence-corrected chi connectivity index (χ3v) is 5.98. The third-order valence-electron chi connectivity index (χ3n) is 5.08. The Morgan fingerprint density at radius 2 is 1.91 bits per heavy atom. The maximum absolute atomic E-state index is 13.6. The van der Waals surface area contributed by atoms with Crippen LogP contribution in [0.4, 0.5) is 0 Å². The number of thiazole rings is 1. The molecule has 0 fully saturated rings. The van der Waals surface area contributed by atoms with E-state index >= 15 is 0 Å². The quantitative estimate of drug-likeness (QED) is 0.307. The Labute approximate surface area is 210 Å². The average molecular weight is 493 g/mol. The molecule has 0 aliphatic heterocycles. The predicted molar refractivity (Wildman–Crippen MR) is 133 cm³/mol. The SMILES string of the molecule is [2H]C([2H])(c1ccccc1OCc1csc(CC(=O)O)n1)N(C(=O)c1ccc(-c2ccco2)cc1)C(C)C. The summed E-state index contributed by atoms with van der Waals surface area (Å²) in [6.45, 7) is 1.36. The molecule has 180 valence electrons. The van der Waals surface area contributed by atoms with Crippen molar-refractivity contribution in [3.05, 3.63) is 94.1 Å². The Hall–Kier alpha value is -3.91. The zero-order valence-electron chi connectivity index (χ0n) is 21.3. The summed E-state index contributed by atoms with van der Waals surface area (Å²) in [4.78, 5) is 29.9. The van der Waals surface area contributed by atoms with Crippen LogP contribution in [0.5, 0.6) is 5.75 Å². The molecule has 0 bridgehead atoms. The molecule has 0 radical (unpaired) electrons. The third kappa shape index (κ3) is 6.16. The molecule has 1 N–H and O–H groups in total. The van der Waals surface area contributed by atoms with Gasteiger partial charge in [-0.3, -0.25) is 9.59 Å². The molecule has 0 saturated carbocycles. The summed E-state index contributed by atoms with van der Waals surface area (Å²) in [7, 11) is 0. The summed E-state index contributed by atoms with van der Waals surface area (Å²) in [6, 6.07) is 16.6. The fraction of sp³-hybridized carbons (Fsp3) is 0.222. The molecule has 8 heteroatoms. The van der Waals surface area contributed by atoms with Gasteiger partial charge in [0.1, 0.15) is 23.1 Å². The molecule has 0 aliphatic carbocycles. The van der Waals surface area contributed by atoms with Crippen LogP contribution < -0.4 is 4.74 Å². The highest BCUT2D eigenvalue weighted by molar-refractivity contribution is 7.09. The lowest BCUT2D eigenvalue weighted by atomic mass is 10.1. The van der Waals surface area contributed by atoms with Crippen molar-refractivity contribution >= 4 is 23.2 Å². The monoisotopic (exact) mass is 492 g/mol. The number of aliphatic carboxylic acids is 1. The van der Waals surface area contributed by atoms with Crippen molar-refractivity contribution in [3.8, 4) is 17.1 Å². The van der Waals surface area contributed by atoms with E-state index in [4.69, 9.17) is 17.0 Å². The van der Waals surface area contributed by atoms with Crippen LogP contribution in [0.2, 0.25) is 0 Å². The Morgan fingerprint density at radius 1 is 1.14 bits per heavy atom. The van der Waals surface area contributed by atoms with Crippen molar-refractivity contribution in [2.45, 2.75) is 39.4 Å². The summed E-state index contributed by atoms with van der Waals surface area (Å²) in [5.41, 5.74) is 1.91. The maximum Gasteiger partial charge on any atom is 0.310 e. The number of carbonyl (C=O) groups excluding carboxylic acids is 1. The number of furan rings is 1. The van der Waals surface area contributed by atoms with Crippen LogP contribution in [0.15, 0.2) is 76.7 Å². The minimum absolute atomic E-state index is 0.0348. The zero-order valence-corrected chi connectivity index (χ0v) is 20.1. The highest BCUT2D eigenvalue weighted by Gasteiger charge is 2.21. The van der Waals surface area contributed by atoms with E-state index in [1.807, 2.05) is 6.07 Å². The van der Waals surface area contributed by atoms with Gasteiger partial charge in [-0.25, -0.2) is 4.98 Å². The van der Waals surface area contributed by atoms with Gasteiger partial charge in [0, 0.05) is 34.6 Å². The van der Waals surface area contributed by atoms with Crippen LogP contribution in [0.1, 0.15) is 43.2 Å². The van der Waals surface area contributed by atoms with Crippen molar-refractivity contribution in [2.24, 2.45) is 0 Å². The van der Waals surface area contributed by atoms with Crippen LogP contribution in [0, 0.1) is 0 Å². The van der Waals surface area contributed by atoms with Gasteiger partial charge in [0.15, 0.2) is 0 Å². The smallest absolute Gasteiger partial charge is 0.310 e. The van der Waals surface area contributed by atoms with Crippen LogP contribution in [-0.4, -0.2) is 32.9 Å². The highest BCUT2D eigenvalue weighted by Crippen LogP contribution is 2.25. The molecule has 0 atom stereocenters. The minimum Gasteiger partial charge on any atom is -0.487 e. The van der Waals surface area contributed by atoms with Crippen LogP contribution in [0.3, 0.4) is 0 Å². The Morgan fingerprint density at radius 3 is 2.60 bits per heavy atom. The number of carbonyl (C=O) groups is 2. The van der Waals surface area contributed by atoms with Crippen LogP contribution >= 0.6 is 11.3 Å². The Balaban J connectivity index is 1.57. The first kappa shape index (κ1) is 21.6. The van der Waals surface area contributed by atoms with E-state index in [0.717, 1.165) is 5.56 Å². The first-order valence-electron chi connectivity index (χ1n) is 12.0. The molecule has 2 heterocycles. The standard InChI is InChI=1S/C27H26N2O5S/c1-18(2)29(27(32)20-11-9-19(10-12-20)23-8-5-13-33-23)15-21-6-3-4-7-24(21)34-16-22-17-35-25(28-22)14-26(30)31/h3-13,17-18H,14-16H2,1-2H3,(H,30,31)/i15D2. The normalized spacial score (nSPS) is 12.2. The summed E-state index contributed by atoms with van der Waals surface area (Å²) >= 11 is 1.23. The molecular formula is C27H26N2O5S. The first-order valence-corrected chi connectivity index (χ1v) is 11.9. The minimum atomic E-state index is -2.20. The first-order chi connectivity index (χ1) is 17.7. The number of aromatic nitrogens is 1. The second kappa shape index (κ2) is 11.0. The van der Waals surface area contributed by atoms with E-state index in [0.29, 0.717) is 22.0 Å². The molecule has 0 aliphatic rings. The molecule has 35 heavy (non-hydrogen) atoms. The van der Waals surface area contributed by atoms with Gasteiger partial charge < -0.3 is 19.2 Å². The fourth-order valence-corrected chi connectivity index (χ4v) is 4.14. The summed E-state index contributed by atoms with van der Waals surface area (Å²) in [5, 5.41) is 11.1. The van der Waals surface area contributed by atoms with E-state index < -0.39 is 24.4 Å². The molecule has 4 aromatic rings. The van der Waals surface area contributed by atoms with E-state index in [1.165, 1.54) is 16.2 Å². The molecule has 0 spiro atoms. The maximum atomic E-state index is 13.6. The second-order valence-corrected chi connectivity index (χ2v) is 8.97. The molecular weight excluding hydrogens is 464 g/mol. The van der Waals surface area contributed by atoms with Crippen molar-refractivity contribution < 1.29 is 26.6 Å². The number of hydrogen-bond acceptors (Lipinski definition) is 6. The number of carboxylic acid groups (broad SMARTS) is 1. The van der Waals surface area contributed by atoms with Crippen molar-refractivity contribution in [2.75, 3.05) is 0 Å². The Bertz CT molecular complexity index is 1370. The molecule has 4 rings (SSSR count). The van der Waals surface area contributed by atoms with Gasteiger partial charge in [-0.2, -0.15) is 0 Å². The fourth-order valence-electron chi connectivity index (χ4n) is 3.37. The molecule has 2 aromatic heterocycles. The number of hydrogen-bond donors (Lipinski definition) is 1. The van der Waals surface area contributed by atoms with Crippen LogP contribution in [-0.2, 0) is 24.3 Å². The largest absolute Gasteiger partial charge is 0.487 e. The van der Waals surface area contributed by atoms with Crippen LogP contribution in [0.25, 0.3) is 11.3 Å². The van der Waals surface area contributed by atoms with Gasteiger partial charge in [-0.05, 0) is 44.2 Å². The van der Waals surface area contributed by atoms with E-state index in [2.05, 4.69) is 4.98 Å². The summed E-state index contributed by atoms with van der Waals surface area (Å²) < 4.78 is 29.3. The van der Waals surface area contributed by atoms with Crippen molar-refractivity contribution in [1.29, 1.82) is 0 Å². The number of ether oxygens (including phenoxy) is 1. The lowest BCUT2D eigenvalue weighted by Crippen LogP contribution is -2.36. The lowest BCUT2D eigenvalue weighted by Gasteiger charge is -2.28. The van der Waals surface area contributed by atoms with Gasteiger partial charge in [-0.1, -0.05) is 30.3 Å². The lowest BCUT2D eigenvalue weighted by molar-refractivity contribution is -0.136. The van der Waals surface area contributed by atoms with Gasteiger partial charge >= 0.3 is 5.97 Å². The number of benzene rings is 2. The predicted octanol–water partition coefficient (Wildman–Crippen LogP) is 5.66. The number of nitrogens with zero attached hydrogens (tertiary/aromatic N) is 2. The van der Waals surface area contributed by atoms with Gasteiger partial charge in [0.25, 0.3) is 5.91 Å². The summed E-state index contributed by atoms with van der Waals surface area (Å²) in [5.74, 6) is -0.476. The molecule has 0 unspecified atom stereocenters. The zero-order chi connectivity index (χ0) is 26.6. The summed E-state index contributed by atoms with van der Waals surface area (Å²) in [6.07, 6.45) is 1.41. The van der Waals surface area contributed by atoms with E-state index in [1.54, 1.807) is 80.1 Å². The number of rotatable bonds is 10. The topological polar surface area (TPSA) is 92.9 Å².